The Morgan fingerprint density at radius 2 is 2.36 bits per heavy atom. The fourth-order valence-electron chi connectivity index (χ4n) is 1.92. The van der Waals surface area contributed by atoms with Crippen LogP contribution >= 0.6 is 11.3 Å². The van der Waals surface area contributed by atoms with Crippen molar-refractivity contribution in [2.24, 2.45) is 0 Å². The molecule has 0 radical (unpaired) electrons. The molecule has 0 amide bonds. The van der Waals surface area contributed by atoms with Gasteiger partial charge in [-0.25, -0.2) is 4.98 Å². The van der Waals surface area contributed by atoms with Gasteiger partial charge in [0.2, 0.25) is 0 Å². The number of fused-ring (bicyclic) bond motifs is 1. The largest absolute Gasteiger partial charge is 0.369 e. The smallest absolute Gasteiger partial charge is 0.197 e. The average molecular weight is 205 g/mol. The van der Waals surface area contributed by atoms with Crippen LogP contribution < -0.4 is 5.73 Å². The molecule has 0 aliphatic heterocycles. The normalized spacial score (nSPS) is 14.6. The first-order valence-electron chi connectivity index (χ1n) is 4.75. The number of aromatic amines is 1. The molecule has 0 saturated heterocycles. The van der Waals surface area contributed by atoms with Gasteiger partial charge < -0.3 is 10.7 Å². The molecule has 3 rings (SSSR count). The highest BCUT2D eigenvalue weighted by molar-refractivity contribution is 7.15. The van der Waals surface area contributed by atoms with Crippen LogP contribution in [0.25, 0.3) is 10.6 Å². The molecule has 2 aromatic heterocycles. The third-order valence-corrected chi connectivity index (χ3v) is 3.88. The van der Waals surface area contributed by atoms with Crippen molar-refractivity contribution in [1.29, 1.82) is 0 Å². The summed E-state index contributed by atoms with van der Waals surface area (Å²) in [6, 6.07) is 2.26. The highest BCUT2D eigenvalue weighted by Gasteiger charge is 2.16. The van der Waals surface area contributed by atoms with Crippen LogP contribution in [0, 0.1) is 0 Å². The lowest BCUT2D eigenvalue weighted by Gasteiger charge is -1.90. The number of H-pyrrole nitrogens is 1. The molecule has 14 heavy (non-hydrogen) atoms. The average Bonchev–Trinajstić information content (AvgIpc) is 2.75. The number of hydrogen-bond donors (Lipinski definition) is 2. The Hall–Kier alpha value is -1.29. The number of nitrogen functional groups attached to an aromatic ring is 1. The number of nitrogens with one attached hydrogen (secondary N) is 1. The summed E-state index contributed by atoms with van der Waals surface area (Å²) >= 11 is 1.86. The van der Waals surface area contributed by atoms with Gasteiger partial charge in [-0.1, -0.05) is 0 Å². The summed E-state index contributed by atoms with van der Waals surface area (Å²) in [5, 5.41) is 0. The fourth-order valence-corrected chi connectivity index (χ4v) is 3.14. The zero-order valence-corrected chi connectivity index (χ0v) is 8.53. The number of aromatic nitrogens is 2. The lowest BCUT2D eigenvalue weighted by atomic mass is 10.2. The summed E-state index contributed by atoms with van der Waals surface area (Å²) in [4.78, 5) is 9.86. The van der Waals surface area contributed by atoms with Crippen LogP contribution in [0.5, 0.6) is 0 Å². The van der Waals surface area contributed by atoms with Gasteiger partial charge in [-0.05, 0) is 30.9 Å². The van der Waals surface area contributed by atoms with E-state index in [1.807, 2.05) is 11.3 Å². The van der Waals surface area contributed by atoms with E-state index in [0.29, 0.717) is 5.95 Å². The minimum atomic E-state index is 0.494. The van der Waals surface area contributed by atoms with Gasteiger partial charge in [0, 0.05) is 4.88 Å². The molecule has 0 aromatic carbocycles. The van der Waals surface area contributed by atoms with E-state index in [-0.39, 0.29) is 0 Å². The maximum Gasteiger partial charge on any atom is 0.197 e. The van der Waals surface area contributed by atoms with Crippen molar-refractivity contribution in [2.75, 3.05) is 5.73 Å². The predicted octanol–water partition coefficient (Wildman–Crippen LogP) is 2.21. The van der Waals surface area contributed by atoms with Crippen LogP contribution in [-0.2, 0) is 12.8 Å². The third kappa shape index (κ3) is 1.14. The van der Waals surface area contributed by atoms with Crippen LogP contribution in [-0.4, -0.2) is 9.97 Å². The maximum absolute atomic E-state index is 5.55. The van der Waals surface area contributed by atoms with Crippen LogP contribution in [0.1, 0.15) is 16.9 Å². The van der Waals surface area contributed by atoms with Crippen LogP contribution in [0.2, 0.25) is 0 Å². The molecule has 2 heterocycles. The monoisotopic (exact) mass is 205 g/mol. The van der Waals surface area contributed by atoms with Gasteiger partial charge in [0.25, 0.3) is 0 Å². The molecule has 3 nitrogen and oxygen atoms in total. The molecule has 0 atom stereocenters. The lowest BCUT2D eigenvalue weighted by molar-refractivity contribution is 0.915. The second-order valence-corrected chi connectivity index (χ2v) is 4.73. The first-order chi connectivity index (χ1) is 6.83. The first kappa shape index (κ1) is 8.05. The molecule has 0 fully saturated rings. The zero-order chi connectivity index (χ0) is 9.54. The summed E-state index contributed by atoms with van der Waals surface area (Å²) < 4.78 is 0. The van der Waals surface area contributed by atoms with E-state index in [4.69, 9.17) is 5.73 Å². The molecule has 4 heteroatoms. The van der Waals surface area contributed by atoms with Crippen molar-refractivity contribution < 1.29 is 0 Å². The second-order valence-electron chi connectivity index (χ2n) is 3.59. The Labute approximate surface area is 86.0 Å². The third-order valence-electron chi connectivity index (χ3n) is 2.61. The quantitative estimate of drug-likeness (QED) is 0.750. The fraction of sp³-hybridized carbons (Fsp3) is 0.300. The summed E-state index contributed by atoms with van der Waals surface area (Å²) in [5.41, 5.74) is 8.10. The lowest BCUT2D eigenvalue weighted by Crippen LogP contribution is -1.84. The zero-order valence-electron chi connectivity index (χ0n) is 7.71. The molecule has 0 bridgehead atoms. The maximum atomic E-state index is 5.55. The number of rotatable bonds is 1. The Kier molecular flexibility index (Phi) is 1.64. The summed E-state index contributed by atoms with van der Waals surface area (Å²) in [6.07, 6.45) is 5.59. The number of hydrogen-bond acceptors (Lipinski definition) is 3. The van der Waals surface area contributed by atoms with Gasteiger partial charge in [-0.2, -0.15) is 0 Å². The Balaban J connectivity index is 2.05. The standard InChI is InChI=1S/C10H11N3S/c11-10-12-5-7(13-10)9-4-6-2-1-3-8(6)14-9/h4-5H,1-3H2,(H3,11,12,13). The van der Waals surface area contributed by atoms with E-state index in [9.17, 15) is 0 Å². The molecule has 0 spiro atoms. The first-order valence-corrected chi connectivity index (χ1v) is 5.57. The minimum Gasteiger partial charge on any atom is -0.369 e. The molecule has 72 valence electrons. The molecule has 3 N–H and O–H groups in total. The summed E-state index contributed by atoms with van der Waals surface area (Å²) in [5.74, 6) is 0.494. The molecular weight excluding hydrogens is 194 g/mol. The van der Waals surface area contributed by atoms with Crippen molar-refractivity contribution >= 4 is 17.3 Å². The number of imidazole rings is 1. The minimum absolute atomic E-state index is 0.494. The number of nitrogens with two attached hydrogens (primary N) is 1. The van der Waals surface area contributed by atoms with Gasteiger partial charge in [-0.15, -0.1) is 11.3 Å². The van der Waals surface area contributed by atoms with E-state index in [0.717, 1.165) is 5.69 Å². The van der Waals surface area contributed by atoms with E-state index >= 15 is 0 Å². The molecule has 0 saturated carbocycles. The molecule has 0 unspecified atom stereocenters. The second kappa shape index (κ2) is 2.85. The Morgan fingerprint density at radius 3 is 3.07 bits per heavy atom. The van der Waals surface area contributed by atoms with Gasteiger partial charge in [0.15, 0.2) is 5.95 Å². The number of thiophene rings is 1. The van der Waals surface area contributed by atoms with Gasteiger partial charge in [0.1, 0.15) is 0 Å². The Morgan fingerprint density at radius 1 is 1.43 bits per heavy atom. The van der Waals surface area contributed by atoms with E-state index < -0.39 is 0 Å². The van der Waals surface area contributed by atoms with Gasteiger partial charge in [0.05, 0.1) is 16.8 Å². The van der Waals surface area contributed by atoms with Crippen molar-refractivity contribution in [3.63, 3.8) is 0 Å². The number of nitrogens with zero attached hydrogens (tertiary/aromatic N) is 1. The van der Waals surface area contributed by atoms with Crippen LogP contribution in [0.3, 0.4) is 0 Å². The van der Waals surface area contributed by atoms with Crippen molar-refractivity contribution in [3.05, 3.63) is 22.7 Å². The SMILES string of the molecule is Nc1ncc(-c2cc3c(s2)CCC3)[nH]1. The van der Waals surface area contributed by atoms with Crippen molar-refractivity contribution in [1.82, 2.24) is 9.97 Å². The van der Waals surface area contributed by atoms with E-state index in [2.05, 4.69) is 16.0 Å². The van der Waals surface area contributed by atoms with Gasteiger partial charge in [-0.3, -0.25) is 0 Å². The van der Waals surface area contributed by atoms with E-state index in [1.54, 1.807) is 6.20 Å². The highest BCUT2D eigenvalue weighted by atomic mass is 32.1. The van der Waals surface area contributed by atoms with Gasteiger partial charge >= 0.3 is 0 Å². The molecule has 1 aliphatic carbocycles. The Bertz CT molecular complexity index is 448. The summed E-state index contributed by atoms with van der Waals surface area (Å²) in [7, 11) is 0. The van der Waals surface area contributed by atoms with Crippen molar-refractivity contribution in [2.45, 2.75) is 19.3 Å². The van der Waals surface area contributed by atoms with E-state index in [1.165, 1.54) is 34.6 Å². The summed E-state index contributed by atoms with van der Waals surface area (Å²) in [6.45, 7) is 0. The topological polar surface area (TPSA) is 54.7 Å². The number of aryl methyl sites for hydroxylation is 2. The van der Waals surface area contributed by atoms with Crippen LogP contribution in [0.15, 0.2) is 12.3 Å². The molecular formula is C10H11N3S. The predicted molar refractivity (Wildman–Crippen MR) is 58.3 cm³/mol. The molecule has 2 aromatic rings. The van der Waals surface area contributed by atoms with Crippen LogP contribution in [0.4, 0.5) is 5.95 Å². The molecule has 1 aliphatic rings. The highest BCUT2D eigenvalue weighted by Crippen LogP contribution is 2.35. The van der Waals surface area contributed by atoms with Crippen molar-refractivity contribution in [3.8, 4) is 10.6 Å². The number of anilines is 1.